The van der Waals surface area contributed by atoms with Gasteiger partial charge in [0, 0.05) is 0 Å². The van der Waals surface area contributed by atoms with Crippen LogP contribution in [0.1, 0.15) is 25.8 Å². The Bertz CT molecular complexity index is 783. The van der Waals surface area contributed by atoms with Gasteiger partial charge in [-0.3, -0.25) is 4.79 Å². The zero-order valence-corrected chi connectivity index (χ0v) is 17.5. The van der Waals surface area contributed by atoms with E-state index in [2.05, 4.69) is 33.1 Å². The lowest BCUT2D eigenvalue weighted by atomic mass is 10.2. The maximum Gasteiger partial charge on any atom is 0.277 e. The Morgan fingerprint density at radius 1 is 1.31 bits per heavy atom. The highest BCUT2D eigenvalue weighted by molar-refractivity contribution is 14.1. The summed E-state index contributed by atoms with van der Waals surface area (Å²) in [7, 11) is 0. The van der Waals surface area contributed by atoms with Crippen LogP contribution in [0.15, 0.2) is 47.6 Å². The van der Waals surface area contributed by atoms with Crippen LogP contribution in [0.5, 0.6) is 11.5 Å². The zero-order valence-electron chi connectivity index (χ0n) is 14.5. The molecule has 0 bridgehead atoms. The summed E-state index contributed by atoms with van der Waals surface area (Å²) in [5, 5.41) is 4.42. The molecule has 1 amide bonds. The van der Waals surface area contributed by atoms with Gasteiger partial charge in [0.1, 0.15) is 11.5 Å². The predicted molar refractivity (Wildman–Crippen MR) is 112 cm³/mol. The number of carbonyl (C=O) groups is 1. The minimum atomic E-state index is -0.344. The number of rotatable bonds is 8. The lowest BCUT2D eigenvalue weighted by Gasteiger charge is -2.13. The number of carbonyl (C=O) groups excluding carboxylic acids is 1. The Kier molecular flexibility index (Phi) is 8.18. The van der Waals surface area contributed by atoms with E-state index in [-0.39, 0.29) is 18.6 Å². The molecule has 0 aliphatic heterocycles. The fourth-order valence-electron chi connectivity index (χ4n) is 1.91. The molecule has 138 valence electrons. The Morgan fingerprint density at radius 2 is 2.08 bits per heavy atom. The molecule has 0 aromatic heterocycles. The molecule has 0 aliphatic rings. The third-order valence-corrected chi connectivity index (χ3v) is 4.64. The van der Waals surface area contributed by atoms with E-state index in [0.29, 0.717) is 16.5 Å². The number of nitrogens with zero attached hydrogens (tertiary/aromatic N) is 1. The number of hydrogen-bond donors (Lipinski definition) is 1. The SMILES string of the molecule is CC[C@@H](C)Oc1ccc(/C=N/NC(=O)COc2ccccc2I)cc1Cl. The van der Waals surface area contributed by atoms with E-state index in [4.69, 9.17) is 21.1 Å². The Morgan fingerprint density at radius 3 is 2.77 bits per heavy atom. The molecule has 1 atom stereocenters. The standard InChI is InChI=1S/C19H20ClIN2O3/c1-3-13(2)26-17-9-8-14(10-15(17)20)11-22-23-19(24)12-25-18-7-5-4-6-16(18)21/h4-11,13H,3,12H2,1-2H3,(H,23,24)/b22-11+/t13-/m1/s1. The molecule has 2 aromatic carbocycles. The summed E-state index contributed by atoms with van der Waals surface area (Å²) in [6, 6.07) is 12.8. The van der Waals surface area contributed by atoms with Crippen LogP contribution >= 0.6 is 34.2 Å². The van der Waals surface area contributed by atoms with Crippen molar-refractivity contribution in [3.8, 4) is 11.5 Å². The van der Waals surface area contributed by atoms with E-state index in [1.807, 2.05) is 44.2 Å². The van der Waals surface area contributed by atoms with Crippen molar-refractivity contribution in [2.24, 2.45) is 5.10 Å². The van der Waals surface area contributed by atoms with E-state index in [1.54, 1.807) is 12.1 Å². The highest BCUT2D eigenvalue weighted by atomic mass is 127. The summed E-state index contributed by atoms with van der Waals surface area (Å²) in [4.78, 5) is 11.8. The molecule has 0 heterocycles. The van der Waals surface area contributed by atoms with Gasteiger partial charge in [-0.1, -0.05) is 30.7 Å². The molecular weight excluding hydrogens is 467 g/mol. The second-order valence-corrected chi connectivity index (χ2v) is 7.11. The number of para-hydroxylation sites is 1. The highest BCUT2D eigenvalue weighted by Crippen LogP contribution is 2.26. The topological polar surface area (TPSA) is 59.9 Å². The second-order valence-electron chi connectivity index (χ2n) is 5.54. The maximum atomic E-state index is 11.8. The largest absolute Gasteiger partial charge is 0.489 e. The summed E-state index contributed by atoms with van der Waals surface area (Å²) in [6.45, 7) is 3.92. The van der Waals surface area contributed by atoms with Crippen molar-refractivity contribution >= 4 is 46.3 Å². The lowest BCUT2D eigenvalue weighted by molar-refractivity contribution is -0.123. The Balaban J connectivity index is 1.85. The summed E-state index contributed by atoms with van der Waals surface area (Å²) < 4.78 is 12.1. The first-order valence-corrected chi connectivity index (χ1v) is 9.60. The van der Waals surface area contributed by atoms with Gasteiger partial charge in [0.2, 0.25) is 0 Å². The average Bonchev–Trinajstić information content (AvgIpc) is 2.63. The van der Waals surface area contributed by atoms with Crippen LogP contribution in [-0.2, 0) is 4.79 Å². The number of nitrogens with one attached hydrogen (secondary N) is 1. The molecule has 0 saturated heterocycles. The summed E-state index contributed by atoms with van der Waals surface area (Å²) in [6.07, 6.45) is 2.51. The second kappa shape index (κ2) is 10.4. The normalized spacial score (nSPS) is 12.0. The third-order valence-electron chi connectivity index (χ3n) is 3.46. The van der Waals surface area contributed by atoms with Crippen LogP contribution in [0.3, 0.4) is 0 Å². The first-order chi connectivity index (χ1) is 12.5. The van der Waals surface area contributed by atoms with E-state index in [9.17, 15) is 4.79 Å². The van der Waals surface area contributed by atoms with Gasteiger partial charge in [0.25, 0.3) is 5.91 Å². The smallest absolute Gasteiger partial charge is 0.277 e. The van der Waals surface area contributed by atoms with Gasteiger partial charge in [0.05, 0.1) is 20.9 Å². The number of hydrazone groups is 1. The fourth-order valence-corrected chi connectivity index (χ4v) is 2.69. The molecule has 26 heavy (non-hydrogen) atoms. The van der Waals surface area contributed by atoms with Gasteiger partial charge in [-0.2, -0.15) is 5.10 Å². The minimum Gasteiger partial charge on any atom is -0.489 e. The Labute approximate surface area is 171 Å². The van der Waals surface area contributed by atoms with Crippen LogP contribution < -0.4 is 14.9 Å². The summed E-state index contributed by atoms with van der Waals surface area (Å²) >= 11 is 8.36. The van der Waals surface area contributed by atoms with E-state index in [1.165, 1.54) is 6.21 Å². The van der Waals surface area contributed by atoms with Crippen molar-refractivity contribution in [3.05, 3.63) is 56.6 Å². The first kappa shape index (κ1) is 20.5. The van der Waals surface area contributed by atoms with Crippen molar-refractivity contribution in [1.82, 2.24) is 5.43 Å². The molecule has 0 aliphatic carbocycles. The van der Waals surface area contributed by atoms with Crippen LogP contribution in [-0.4, -0.2) is 24.8 Å². The van der Waals surface area contributed by atoms with Gasteiger partial charge in [-0.25, -0.2) is 5.43 Å². The summed E-state index contributed by atoms with van der Waals surface area (Å²) in [5.74, 6) is 0.952. The van der Waals surface area contributed by atoms with Gasteiger partial charge < -0.3 is 9.47 Å². The number of halogens is 2. The summed E-state index contributed by atoms with van der Waals surface area (Å²) in [5.41, 5.74) is 3.18. The van der Waals surface area contributed by atoms with E-state index in [0.717, 1.165) is 15.6 Å². The highest BCUT2D eigenvalue weighted by Gasteiger charge is 2.07. The molecule has 0 fully saturated rings. The van der Waals surface area contributed by atoms with Crippen LogP contribution in [0, 0.1) is 3.57 Å². The van der Waals surface area contributed by atoms with Crippen LogP contribution in [0.4, 0.5) is 0 Å². The van der Waals surface area contributed by atoms with Gasteiger partial charge in [-0.05, 0) is 71.8 Å². The zero-order chi connectivity index (χ0) is 18.9. The number of ether oxygens (including phenoxy) is 2. The van der Waals surface area contributed by atoms with Crippen molar-refractivity contribution in [3.63, 3.8) is 0 Å². The van der Waals surface area contributed by atoms with Crippen molar-refractivity contribution in [2.75, 3.05) is 6.61 Å². The first-order valence-electron chi connectivity index (χ1n) is 8.15. The monoisotopic (exact) mass is 486 g/mol. The molecule has 2 aromatic rings. The van der Waals surface area contributed by atoms with E-state index < -0.39 is 0 Å². The van der Waals surface area contributed by atoms with Crippen LogP contribution in [0.2, 0.25) is 5.02 Å². The average molecular weight is 487 g/mol. The quantitative estimate of drug-likeness (QED) is 0.336. The van der Waals surface area contributed by atoms with Crippen molar-refractivity contribution in [1.29, 1.82) is 0 Å². The molecule has 2 rings (SSSR count). The van der Waals surface area contributed by atoms with E-state index >= 15 is 0 Å². The third kappa shape index (κ3) is 6.49. The van der Waals surface area contributed by atoms with Gasteiger partial charge in [0.15, 0.2) is 6.61 Å². The predicted octanol–water partition coefficient (Wildman–Crippen LogP) is 4.65. The number of hydrogen-bond acceptors (Lipinski definition) is 4. The fraction of sp³-hybridized carbons (Fsp3) is 0.263. The molecule has 0 unspecified atom stereocenters. The maximum absolute atomic E-state index is 11.8. The van der Waals surface area contributed by atoms with Gasteiger partial charge in [-0.15, -0.1) is 0 Å². The van der Waals surface area contributed by atoms with Crippen molar-refractivity contribution in [2.45, 2.75) is 26.4 Å². The number of benzene rings is 2. The molecule has 5 nitrogen and oxygen atoms in total. The molecular formula is C19H20ClIN2O3. The molecule has 0 spiro atoms. The molecule has 0 saturated carbocycles. The Hall–Kier alpha value is -1.80. The minimum absolute atomic E-state index is 0.0963. The molecule has 1 N–H and O–H groups in total. The number of amides is 1. The molecule has 0 radical (unpaired) electrons. The van der Waals surface area contributed by atoms with Crippen LogP contribution in [0.25, 0.3) is 0 Å². The van der Waals surface area contributed by atoms with Gasteiger partial charge >= 0.3 is 0 Å². The lowest BCUT2D eigenvalue weighted by Crippen LogP contribution is -2.24. The molecule has 7 heteroatoms. The van der Waals surface area contributed by atoms with Crippen molar-refractivity contribution < 1.29 is 14.3 Å².